The van der Waals surface area contributed by atoms with Gasteiger partial charge < -0.3 is 11.1 Å². The van der Waals surface area contributed by atoms with Crippen LogP contribution in [0.5, 0.6) is 0 Å². The van der Waals surface area contributed by atoms with Crippen molar-refractivity contribution in [1.29, 1.82) is 0 Å². The lowest BCUT2D eigenvalue weighted by Gasteiger charge is -2.10. The first kappa shape index (κ1) is 11.6. The topological polar surface area (TPSA) is 59.7 Å². The van der Waals surface area contributed by atoms with Crippen LogP contribution in [0.15, 0.2) is 18.2 Å². The summed E-state index contributed by atoms with van der Waals surface area (Å²) in [4.78, 5) is 10.5. The molecule has 1 atom stereocenters. The first-order chi connectivity index (χ1) is 7.00. The minimum atomic E-state index is -0.613. The second-order valence-corrected chi connectivity index (χ2v) is 3.36. The number of benzene rings is 1. The van der Waals surface area contributed by atoms with Crippen LogP contribution < -0.4 is 11.1 Å². The van der Waals surface area contributed by atoms with Gasteiger partial charge in [0.1, 0.15) is 17.7 Å². The highest BCUT2D eigenvalue weighted by Crippen LogP contribution is 2.14. The second-order valence-electron chi connectivity index (χ2n) is 3.36. The Morgan fingerprint density at radius 1 is 1.53 bits per heavy atom. The summed E-state index contributed by atoms with van der Waals surface area (Å²) < 4.78 is 25.8. The fourth-order valence-corrected chi connectivity index (χ4v) is 1.29. The lowest BCUT2D eigenvalue weighted by Crippen LogP contribution is -2.86. The van der Waals surface area contributed by atoms with Gasteiger partial charge in [0.15, 0.2) is 6.54 Å². The Bertz CT molecular complexity index is 368. The number of amides is 1. The van der Waals surface area contributed by atoms with E-state index in [0.29, 0.717) is 5.56 Å². The quantitative estimate of drug-likeness (QED) is 0.734. The molecule has 1 rings (SSSR count). The highest BCUT2D eigenvalue weighted by molar-refractivity contribution is 5.74. The van der Waals surface area contributed by atoms with Crippen LogP contribution in [-0.2, 0) is 4.79 Å². The molecular weight excluding hydrogens is 202 g/mol. The van der Waals surface area contributed by atoms with Gasteiger partial charge in [-0.15, -0.1) is 0 Å². The van der Waals surface area contributed by atoms with Crippen LogP contribution in [0.4, 0.5) is 8.78 Å². The molecule has 1 amide bonds. The third-order valence-electron chi connectivity index (χ3n) is 2.13. The van der Waals surface area contributed by atoms with Crippen LogP contribution in [0.1, 0.15) is 18.5 Å². The molecule has 82 valence electrons. The monoisotopic (exact) mass is 215 g/mol. The maximum Gasteiger partial charge on any atom is 0.272 e. The Kier molecular flexibility index (Phi) is 3.74. The molecule has 0 aliphatic heterocycles. The Morgan fingerprint density at radius 3 is 2.73 bits per heavy atom. The molecule has 4 N–H and O–H groups in total. The van der Waals surface area contributed by atoms with Crippen LogP contribution >= 0.6 is 0 Å². The van der Waals surface area contributed by atoms with Crippen LogP contribution in [0.2, 0.25) is 0 Å². The van der Waals surface area contributed by atoms with Crippen molar-refractivity contribution in [1.82, 2.24) is 0 Å². The lowest BCUT2D eigenvalue weighted by molar-refractivity contribution is -0.682. The molecule has 1 aromatic carbocycles. The third-order valence-corrected chi connectivity index (χ3v) is 2.13. The van der Waals surface area contributed by atoms with E-state index < -0.39 is 17.5 Å². The molecule has 5 heteroatoms. The zero-order chi connectivity index (χ0) is 11.4. The largest absolute Gasteiger partial charge is 0.365 e. The van der Waals surface area contributed by atoms with Crippen molar-refractivity contribution in [2.24, 2.45) is 5.73 Å². The fraction of sp³-hybridized carbons (Fsp3) is 0.300. The Balaban J connectivity index is 2.73. The van der Waals surface area contributed by atoms with Crippen LogP contribution in [0.25, 0.3) is 0 Å². The molecule has 15 heavy (non-hydrogen) atoms. The van der Waals surface area contributed by atoms with E-state index in [4.69, 9.17) is 5.73 Å². The molecule has 0 bridgehead atoms. The van der Waals surface area contributed by atoms with Gasteiger partial charge in [-0.3, -0.25) is 4.79 Å². The SMILES string of the molecule is C[C@@H]([NH2+]CC(N)=O)c1ccc(F)cc1F. The highest BCUT2D eigenvalue weighted by Gasteiger charge is 2.14. The van der Waals surface area contributed by atoms with E-state index in [-0.39, 0.29) is 12.6 Å². The summed E-state index contributed by atoms with van der Waals surface area (Å²) in [5.74, 6) is -1.69. The molecule has 0 unspecified atom stereocenters. The van der Waals surface area contributed by atoms with Gasteiger partial charge in [0.2, 0.25) is 0 Å². The molecule has 1 aromatic rings. The Morgan fingerprint density at radius 2 is 2.20 bits per heavy atom. The minimum Gasteiger partial charge on any atom is -0.365 e. The smallest absolute Gasteiger partial charge is 0.272 e. The number of carbonyl (C=O) groups is 1. The Hall–Kier alpha value is -1.49. The van der Waals surface area contributed by atoms with E-state index in [2.05, 4.69) is 0 Å². The van der Waals surface area contributed by atoms with E-state index in [1.807, 2.05) is 0 Å². The number of rotatable bonds is 4. The van der Waals surface area contributed by atoms with Gasteiger partial charge in [-0.2, -0.15) is 0 Å². The number of halogens is 2. The number of hydrogen-bond donors (Lipinski definition) is 2. The lowest BCUT2D eigenvalue weighted by atomic mass is 10.1. The number of primary amides is 1. The molecule has 0 radical (unpaired) electrons. The second kappa shape index (κ2) is 4.84. The van der Waals surface area contributed by atoms with E-state index in [9.17, 15) is 13.6 Å². The van der Waals surface area contributed by atoms with Gasteiger partial charge in [-0.05, 0) is 19.1 Å². The predicted molar refractivity (Wildman–Crippen MR) is 50.8 cm³/mol. The molecule has 0 heterocycles. The molecule has 3 nitrogen and oxygen atoms in total. The molecule has 0 saturated heterocycles. The van der Waals surface area contributed by atoms with E-state index in [1.165, 1.54) is 12.1 Å². The van der Waals surface area contributed by atoms with Crippen molar-refractivity contribution < 1.29 is 18.9 Å². The molecule has 0 spiro atoms. The van der Waals surface area contributed by atoms with E-state index in [1.54, 1.807) is 12.2 Å². The minimum absolute atomic E-state index is 0.0813. The predicted octanol–water partition coefficient (Wildman–Crippen LogP) is 0.0745. The van der Waals surface area contributed by atoms with Gasteiger partial charge in [0, 0.05) is 11.6 Å². The first-order valence-corrected chi connectivity index (χ1v) is 4.57. The third kappa shape index (κ3) is 3.28. The summed E-state index contributed by atoms with van der Waals surface area (Å²) in [6.45, 7) is 1.80. The van der Waals surface area contributed by atoms with Crippen LogP contribution in [-0.4, -0.2) is 12.5 Å². The van der Waals surface area contributed by atoms with Crippen LogP contribution in [0.3, 0.4) is 0 Å². The van der Waals surface area contributed by atoms with Gasteiger partial charge in [0.25, 0.3) is 5.91 Å². The number of carbonyl (C=O) groups excluding carboxylic acids is 1. The summed E-state index contributed by atoms with van der Waals surface area (Å²) >= 11 is 0. The maximum atomic E-state index is 13.2. The molecule has 0 fully saturated rings. The molecule has 0 aliphatic rings. The number of hydrogen-bond acceptors (Lipinski definition) is 1. The van der Waals surface area contributed by atoms with Crippen molar-refractivity contribution in [3.8, 4) is 0 Å². The summed E-state index contributed by atoms with van der Waals surface area (Å²) in [6.07, 6.45) is 0. The highest BCUT2D eigenvalue weighted by atomic mass is 19.1. The van der Waals surface area contributed by atoms with Crippen molar-refractivity contribution in [3.63, 3.8) is 0 Å². The van der Waals surface area contributed by atoms with E-state index in [0.717, 1.165) is 6.07 Å². The Labute approximate surface area is 86.3 Å². The van der Waals surface area contributed by atoms with Crippen LogP contribution in [0, 0.1) is 11.6 Å². The van der Waals surface area contributed by atoms with Gasteiger partial charge >= 0.3 is 0 Å². The fourth-order valence-electron chi connectivity index (χ4n) is 1.29. The molecule has 0 aromatic heterocycles. The summed E-state index contributed by atoms with van der Waals surface area (Å²) in [7, 11) is 0. The van der Waals surface area contributed by atoms with Gasteiger partial charge in [-0.25, -0.2) is 8.78 Å². The maximum absolute atomic E-state index is 13.2. The average Bonchev–Trinajstić information content (AvgIpc) is 2.14. The molecular formula is C10H13F2N2O+. The zero-order valence-electron chi connectivity index (χ0n) is 8.34. The van der Waals surface area contributed by atoms with Gasteiger partial charge in [-0.1, -0.05) is 0 Å². The first-order valence-electron chi connectivity index (χ1n) is 4.57. The van der Waals surface area contributed by atoms with Gasteiger partial charge in [0.05, 0.1) is 0 Å². The van der Waals surface area contributed by atoms with E-state index >= 15 is 0 Å². The normalized spacial score (nSPS) is 12.5. The van der Waals surface area contributed by atoms with Crippen molar-refractivity contribution in [2.75, 3.05) is 6.54 Å². The number of quaternary nitrogens is 1. The average molecular weight is 215 g/mol. The number of nitrogens with two attached hydrogens (primary N) is 2. The molecule has 0 saturated carbocycles. The van der Waals surface area contributed by atoms with Crippen molar-refractivity contribution in [3.05, 3.63) is 35.4 Å². The summed E-state index contributed by atoms with van der Waals surface area (Å²) in [5.41, 5.74) is 5.32. The standard InChI is InChI=1S/C10H12F2N2O/c1-6(14-5-10(13)15)8-3-2-7(11)4-9(8)12/h2-4,6,14H,5H2,1H3,(H2,13,15)/p+1/t6-/m1/s1. The molecule has 0 aliphatic carbocycles. The zero-order valence-corrected chi connectivity index (χ0v) is 8.34. The summed E-state index contributed by atoms with van der Waals surface area (Å²) in [6, 6.07) is 3.11. The summed E-state index contributed by atoms with van der Waals surface area (Å²) in [5, 5.41) is 1.60. The van der Waals surface area contributed by atoms with Crippen molar-refractivity contribution >= 4 is 5.91 Å². The van der Waals surface area contributed by atoms with Crippen molar-refractivity contribution in [2.45, 2.75) is 13.0 Å².